The summed E-state index contributed by atoms with van der Waals surface area (Å²) >= 11 is 0. The molecule has 2 aromatic heterocycles. The molecule has 0 saturated carbocycles. The van der Waals surface area contributed by atoms with Crippen molar-refractivity contribution in [2.45, 2.75) is 13.5 Å². The van der Waals surface area contributed by atoms with Crippen molar-refractivity contribution in [2.24, 2.45) is 0 Å². The van der Waals surface area contributed by atoms with Crippen molar-refractivity contribution in [3.05, 3.63) is 59.7 Å². The molecule has 0 unspecified atom stereocenters. The summed E-state index contributed by atoms with van der Waals surface area (Å²) < 4.78 is 2.07. The number of aryl methyl sites for hydroxylation is 1. The molecule has 1 N–H and O–H groups in total. The minimum atomic E-state index is -0.912. The van der Waals surface area contributed by atoms with Crippen molar-refractivity contribution in [1.29, 1.82) is 0 Å². The third-order valence-electron chi connectivity index (χ3n) is 3.28. The van der Waals surface area contributed by atoms with Crippen LogP contribution in [0.4, 0.5) is 0 Å². The van der Waals surface area contributed by atoms with Gasteiger partial charge in [-0.25, -0.2) is 9.78 Å². The second-order valence-corrected chi connectivity index (χ2v) is 4.61. The monoisotopic (exact) mass is 307 g/mol. The zero-order valence-corrected chi connectivity index (χ0v) is 15.1. The van der Waals surface area contributed by atoms with Crippen LogP contribution in [0.3, 0.4) is 0 Å². The fraction of sp³-hybridized carbons (Fsp3) is 0.133. The normalized spacial score (nSPS) is 10.3. The average molecular weight is 307 g/mol. The van der Waals surface area contributed by atoms with Gasteiger partial charge < -0.3 is 11.1 Å². The summed E-state index contributed by atoms with van der Waals surface area (Å²) in [6.07, 6.45) is 3.52. The average Bonchev–Trinajstić information content (AvgIpc) is 2.76. The van der Waals surface area contributed by atoms with Gasteiger partial charge in [0, 0.05) is 12.7 Å². The van der Waals surface area contributed by atoms with Crippen molar-refractivity contribution < 1.29 is 62.7 Å². The van der Waals surface area contributed by atoms with Gasteiger partial charge in [-0.3, -0.25) is 4.98 Å². The Morgan fingerprint density at radius 2 is 2.00 bits per heavy atom. The Morgan fingerprint density at radius 1 is 1.29 bits per heavy atom. The first-order valence-corrected chi connectivity index (χ1v) is 6.24. The van der Waals surface area contributed by atoms with E-state index in [1.807, 2.05) is 25.1 Å². The molecule has 3 aromatic rings. The first-order valence-electron chi connectivity index (χ1n) is 6.24. The van der Waals surface area contributed by atoms with E-state index in [1.54, 1.807) is 24.5 Å². The Bertz CT molecular complexity index is 787. The Morgan fingerprint density at radius 3 is 2.67 bits per heavy atom. The number of carboxylic acid groups (broad SMARTS) is 1. The van der Waals surface area contributed by atoms with Gasteiger partial charge in [-0.15, -0.1) is 0 Å². The third kappa shape index (κ3) is 3.41. The van der Waals surface area contributed by atoms with Crippen LogP contribution in [0.25, 0.3) is 11.0 Å². The molecule has 0 atom stereocenters. The van der Waals surface area contributed by atoms with E-state index in [9.17, 15) is 4.79 Å². The van der Waals surface area contributed by atoms with Crippen LogP contribution in [-0.2, 0) is 6.54 Å². The van der Waals surface area contributed by atoms with E-state index in [4.69, 9.17) is 5.11 Å². The molecule has 6 heteroatoms. The number of hydrogen-bond acceptors (Lipinski definition) is 3. The number of benzene rings is 1. The first kappa shape index (κ1) is 16.3. The summed E-state index contributed by atoms with van der Waals surface area (Å²) in [5.74, 6) is 0.000298. The molecule has 0 bridgehead atoms. The van der Waals surface area contributed by atoms with Gasteiger partial charge in [-0.05, 0) is 30.7 Å². The number of aromatic nitrogens is 3. The van der Waals surface area contributed by atoms with E-state index in [0.717, 1.165) is 22.4 Å². The minimum absolute atomic E-state index is 0. The summed E-state index contributed by atoms with van der Waals surface area (Å²) in [4.78, 5) is 19.4. The van der Waals surface area contributed by atoms with E-state index in [0.29, 0.717) is 12.1 Å². The van der Waals surface area contributed by atoms with Crippen LogP contribution in [0.15, 0.2) is 42.7 Å². The number of nitrogens with zero attached hydrogens (tertiary/aromatic N) is 3. The Kier molecular flexibility index (Phi) is 5.29. The maximum Gasteiger partial charge on any atom is 1.00 e. The predicted octanol–water partition coefficient (Wildman–Crippen LogP) is -0.397. The maximum atomic E-state index is 10.8. The van der Waals surface area contributed by atoms with Crippen LogP contribution in [0.5, 0.6) is 0 Å². The van der Waals surface area contributed by atoms with Gasteiger partial charge in [0.25, 0.3) is 0 Å². The van der Waals surface area contributed by atoms with Gasteiger partial charge in [-0.1, -0.05) is 12.1 Å². The van der Waals surface area contributed by atoms with Crippen LogP contribution in [-0.4, -0.2) is 25.6 Å². The number of aromatic carboxylic acids is 1. The van der Waals surface area contributed by atoms with Crippen LogP contribution in [0, 0.1) is 6.92 Å². The maximum absolute atomic E-state index is 10.8. The van der Waals surface area contributed by atoms with Gasteiger partial charge in [-0.2, -0.15) is 0 Å². The standard InChI is InChI=1S/C15H13N3O2.K.H/c1-10-17-13-6-7-16-8-14(13)18(10)9-11-2-4-12(5-3-11)15(19)20;;/h2-8H,9H2,1H3,(H,19,20);;/q;+1;-1. The van der Waals surface area contributed by atoms with Gasteiger partial charge >= 0.3 is 57.4 Å². The van der Waals surface area contributed by atoms with E-state index < -0.39 is 5.97 Å². The first-order chi connectivity index (χ1) is 9.65. The number of carbonyl (C=O) groups is 1. The molecule has 0 saturated heterocycles. The molecule has 102 valence electrons. The van der Waals surface area contributed by atoms with Crippen LogP contribution < -0.4 is 51.4 Å². The summed E-state index contributed by atoms with van der Waals surface area (Å²) in [7, 11) is 0. The predicted molar refractivity (Wildman–Crippen MR) is 75.9 cm³/mol. The second-order valence-electron chi connectivity index (χ2n) is 4.61. The van der Waals surface area contributed by atoms with Gasteiger partial charge in [0.05, 0.1) is 22.8 Å². The molecule has 2 heterocycles. The fourth-order valence-electron chi connectivity index (χ4n) is 2.23. The number of hydrogen-bond donors (Lipinski definition) is 1. The minimum Gasteiger partial charge on any atom is -1.00 e. The molecule has 0 amide bonds. The number of fused-ring (bicyclic) bond motifs is 1. The Balaban J connectivity index is 0.00000121. The van der Waals surface area contributed by atoms with Gasteiger partial charge in [0.2, 0.25) is 0 Å². The molecule has 0 radical (unpaired) electrons. The number of pyridine rings is 1. The van der Waals surface area contributed by atoms with E-state index in [-0.39, 0.29) is 52.8 Å². The molecule has 0 spiro atoms. The van der Waals surface area contributed by atoms with Crippen LogP contribution >= 0.6 is 0 Å². The van der Waals surface area contributed by atoms with Gasteiger partial charge in [0.1, 0.15) is 5.82 Å². The molecule has 21 heavy (non-hydrogen) atoms. The SMILES string of the molecule is Cc1nc2ccncc2n1Cc1ccc(C(=O)O)cc1.[H-].[K+]. The molecule has 5 nitrogen and oxygen atoms in total. The van der Waals surface area contributed by atoms with Crippen molar-refractivity contribution in [2.75, 3.05) is 0 Å². The smallest absolute Gasteiger partial charge is 1.00 e. The second kappa shape index (κ2) is 6.80. The number of rotatable bonds is 3. The van der Waals surface area contributed by atoms with Crippen LogP contribution in [0.2, 0.25) is 0 Å². The fourth-order valence-corrected chi connectivity index (χ4v) is 2.23. The van der Waals surface area contributed by atoms with Crippen molar-refractivity contribution in [1.82, 2.24) is 14.5 Å². The van der Waals surface area contributed by atoms with Crippen molar-refractivity contribution >= 4 is 17.0 Å². The zero-order chi connectivity index (χ0) is 14.1. The topological polar surface area (TPSA) is 68.0 Å². The number of carboxylic acids is 1. The quantitative estimate of drug-likeness (QED) is 0.669. The molecule has 0 aliphatic heterocycles. The zero-order valence-electron chi connectivity index (χ0n) is 12.9. The molecule has 3 rings (SSSR count). The molecule has 0 aliphatic carbocycles. The molecule has 1 aromatic carbocycles. The largest absolute Gasteiger partial charge is 1.00 e. The van der Waals surface area contributed by atoms with Crippen molar-refractivity contribution in [3.63, 3.8) is 0 Å². The summed E-state index contributed by atoms with van der Waals surface area (Å²) in [5.41, 5.74) is 3.22. The summed E-state index contributed by atoms with van der Waals surface area (Å²) in [6, 6.07) is 8.76. The molecule has 0 fully saturated rings. The van der Waals surface area contributed by atoms with E-state index >= 15 is 0 Å². The van der Waals surface area contributed by atoms with Crippen molar-refractivity contribution in [3.8, 4) is 0 Å². The van der Waals surface area contributed by atoms with E-state index in [2.05, 4.69) is 14.5 Å². The van der Waals surface area contributed by atoms with Gasteiger partial charge in [0.15, 0.2) is 0 Å². The van der Waals surface area contributed by atoms with Crippen LogP contribution in [0.1, 0.15) is 23.2 Å². The summed E-state index contributed by atoms with van der Waals surface area (Å²) in [5, 5.41) is 8.89. The molecule has 0 aliphatic rings. The molecular weight excluding hydrogens is 293 g/mol. The van der Waals surface area contributed by atoms with E-state index in [1.165, 1.54) is 0 Å². The number of imidazole rings is 1. The molecular formula is C15H14KN3O2. The summed E-state index contributed by atoms with van der Waals surface area (Å²) in [6.45, 7) is 2.60. The third-order valence-corrected chi connectivity index (χ3v) is 3.28. The Labute approximate surface area is 165 Å². The Hall–Kier alpha value is -1.05.